The first-order valence-electron chi connectivity index (χ1n) is 4.52. The minimum absolute atomic E-state index is 0.135. The number of halogens is 1. The summed E-state index contributed by atoms with van der Waals surface area (Å²) in [6.07, 6.45) is -0.197. The first-order chi connectivity index (χ1) is 7.33. The predicted octanol–water partition coefficient (Wildman–Crippen LogP) is 0.912. The van der Waals surface area contributed by atoms with Crippen molar-refractivity contribution >= 4 is 9.84 Å². The number of ether oxygens (including phenoxy) is 1. The third-order valence-electron chi connectivity index (χ3n) is 2.02. The van der Waals surface area contributed by atoms with Gasteiger partial charge in [-0.1, -0.05) is 0 Å². The zero-order valence-electron chi connectivity index (χ0n) is 8.97. The van der Waals surface area contributed by atoms with Gasteiger partial charge in [0.2, 0.25) is 0 Å². The molecule has 1 atom stereocenters. The Morgan fingerprint density at radius 2 is 2.12 bits per heavy atom. The number of rotatable bonds is 4. The predicted molar refractivity (Wildman–Crippen MR) is 57.6 cm³/mol. The molecule has 4 nitrogen and oxygen atoms in total. The summed E-state index contributed by atoms with van der Waals surface area (Å²) in [7, 11) is -1.98. The second kappa shape index (κ2) is 4.80. The second-order valence-corrected chi connectivity index (χ2v) is 5.68. The molecule has 0 aliphatic rings. The van der Waals surface area contributed by atoms with E-state index in [4.69, 9.17) is 4.74 Å². The fraction of sp³-hybridized carbons (Fsp3) is 0.400. The van der Waals surface area contributed by atoms with Gasteiger partial charge in [0.1, 0.15) is 21.4 Å². The van der Waals surface area contributed by atoms with Gasteiger partial charge >= 0.3 is 0 Å². The molecule has 1 unspecified atom stereocenters. The lowest BCUT2D eigenvalue weighted by atomic mass is 10.1. The SMILES string of the molecule is COc1cc(F)ccc1C(O)CS(C)(=O)=O. The van der Waals surface area contributed by atoms with Gasteiger partial charge in [-0.25, -0.2) is 12.8 Å². The van der Waals surface area contributed by atoms with Crippen LogP contribution in [0.4, 0.5) is 4.39 Å². The molecule has 0 heterocycles. The monoisotopic (exact) mass is 248 g/mol. The van der Waals surface area contributed by atoms with Gasteiger partial charge in [0.05, 0.1) is 19.0 Å². The van der Waals surface area contributed by atoms with Crippen LogP contribution in [0.25, 0.3) is 0 Å². The average molecular weight is 248 g/mol. The van der Waals surface area contributed by atoms with Gasteiger partial charge in [-0.2, -0.15) is 0 Å². The van der Waals surface area contributed by atoms with Gasteiger partial charge in [-0.3, -0.25) is 0 Å². The standard InChI is InChI=1S/C10H13FO4S/c1-15-10-5-7(11)3-4-8(10)9(12)6-16(2,13)14/h3-5,9,12H,6H2,1-2H3. The Labute approximate surface area is 93.6 Å². The van der Waals surface area contributed by atoms with Crippen molar-refractivity contribution < 1.29 is 22.7 Å². The van der Waals surface area contributed by atoms with E-state index < -0.39 is 27.5 Å². The topological polar surface area (TPSA) is 63.6 Å². The first-order valence-corrected chi connectivity index (χ1v) is 6.59. The van der Waals surface area contributed by atoms with Gasteiger partial charge in [0.25, 0.3) is 0 Å². The summed E-state index contributed by atoms with van der Waals surface area (Å²) in [4.78, 5) is 0. The molecule has 0 saturated carbocycles. The Morgan fingerprint density at radius 3 is 2.62 bits per heavy atom. The van der Waals surface area contributed by atoms with Gasteiger partial charge in [0, 0.05) is 17.9 Å². The van der Waals surface area contributed by atoms with E-state index in [1.54, 1.807) is 0 Å². The normalized spacial score (nSPS) is 13.5. The number of hydrogen-bond acceptors (Lipinski definition) is 4. The van der Waals surface area contributed by atoms with Crippen LogP contribution in [0.3, 0.4) is 0 Å². The van der Waals surface area contributed by atoms with E-state index in [1.807, 2.05) is 0 Å². The van der Waals surface area contributed by atoms with Crippen LogP contribution in [-0.2, 0) is 9.84 Å². The molecule has 90 valence electrons. The Balaban J connectivity index is 3.03. The molecule has 0 aliphatic carbocycles. The summed E-state index contributed by atoms with van der Waals surface area (Å²) >= 11 is 0. The summed E-state index contributed by atoms with van der Waals surface area (Å²) in [6.45, 7) is 0. The van der Waals surface area contributed by atoms with Crippen molar-refractivity contribution in [2.75, 3.05) is 19.1 Å². The zero-order chi connectivity index (χ0) is 12.3. The van der Waals surface area contributed by atoms with E-state index in [2.05, 4.69) is 0 Å². The van der Waals surface area contributed by atoms with E-state index in [-0.39, 0.29) is 11.3 Å². The fourth-order valence-electron chi connectivity index (χ4n) is 1.34. The second-order valence-electron chi connectivity index (χ2n) is 3.49. The molecule has 1 N–H and O–H groups in total. The van der Waals surface area contributed by atoms with Crippen LogP contribution >= 0.6 is 0 Å². The fourth-order valence-corrected chi connectivity index (χ4v) is 2.09. The number of aliphatic hydroxyl groups is 1. The largest absolute Gasteiger partial charge is 0.496 e. The van der Waals surface area contributed by atoms with Gasteiger partial charge in [-0.15, -0.1) is 0 Å². The van der Waals surface area contributed by atoms with Crippen molar-refractivity contribution in [2.45, 2.75) is 6.10 Å². The van der Waals surface area contributed by atoms with Crippen molar-refractivity contribution in [1.29, 1.82) is 0 Å². The maximum Gasteiger partial charge on any atom is 0.150 e. The highest BCUT2D eigenvalue weighted by atomic mass is 32.2. The summed E-state index contributed by atoms with van der Waals surface area (Å²) in [5.41, 5.74) is 0.259. The van der Waals surface area contributed by atoms with Crippen LogP contribution in [-0.4, -0.2) is 32.6 Å². The number of sulfone groups is 1. The lowest BCUT2D eigenvalue weighted by Crippen LogP contribution is -2.13. The van der Waals surface area contributed by atoms with E-state index in [9.17, 15) is 17.9 Å². The van der Waals surface area contributed by atoms with Crippen LogP contribution < -0.4 is 4.74 Å². The molecule has 0 spiro atoms. The van der Waals surface area contributed by atoms with Gasteiger partial charge in [-0.05, 0) is 12.1 Å². The summed E-state index contributed by atoms with van der Waals surface area (Å²) in [5.74, 6) is -0.794. The minimum atomic E-state index is -3.31. The molecule has 0 fully saturated rings. The molecule has 0 radical (unpaired) electrons. The van der Waals surface area contributed by atoms with Crippen molar-refractivity contribution in [1.82, 2.24) is 0 Å². The number of methoxy groups -OCH3 is 1. The van der Waals surface area contributed by atoms with Crippen molar-refractivity contribution in [2.24, 2.45) is 0 Å². The molecule has 1 aromatic rings. The van der Waals surface area contributed by atoms with E-state index >= 15 is 0 Å². The zero-order valence-corrected chi connectivity index (χ0v) is 9.79. The van der Waals surface area contributed by atoms with Crippen LogP contribution in [0, 0.1) is 5.82 Å². The first kappa shape index (κ1) is 12.9. The molecular weight excluding hydrogens is 235 g/mol. The van der Waals surface area contributed by atoms with Crippen LogP contribution in [0.15, 0.2) is 18.2 Å². The van der Waals surface area contributed by atoms with E-state index in [0.29, 0.717) is 0 Å². The van der Waals surface area contributed by atoms with Crippen molar-refractivity contribution in [3.8, 4) is 5.75 Å². The van der Waals surface area contributed by atoms with E-state index in [1.165, 1.54) is 13.2 Å². The summed E-state index contributed by atoms with van der Waals surface area (Å²) in [5, 5.41) is 9.68. The molecule has 0 amide bonds. The Kier molecular flexibility index (Phi) is 3.88. The molecule has 0 aliphatic heterocycles. The molecule has 1 rings (SSSR count). The molecule has 1 aromatic carbocycles. The average Bonchev–Trinajstić information content (AvgIpc) is 2.14. The number of aliphatic hydroxyl groups excluding tert-OH is 1. The third-order valence-corrected chi connectivity index (χ3v) is 2.94. The summed E-state index contributed by atoms with van der Waals surface area (Å²) < 4.78 is 39.7. The summed E-state index contributed by atoms with van der Waals surface area (Å²) in [6, 6.07) is 3.55. The van der Waals surface area contributed by atoms with Gasteiger partial charge < -0.3 is 9.84 Å². The quantitative estimate of drug-likeness (QED) is 0.860. The highest BCUT2D eigenvalue weighted by molar-refractivity contribution is 7.90. The smallest absolute Gasteiger partial charge is 0.150 e. The lowest BCUT2D eigenvalue weighted by molar-refractivity contribution is 0.196. The van der Waals surface area contributed by atoms with Gasteiger partial charge in [0.15, 0.2) is 0 Å². The van der Waals surface area contributed by atoms with E-state index in [0.717, 1.165) is 18.4 Å². The maximum absolute atomic E-state index is 12.9. The molecule has 0 bridgehead atoms. The highest BCUT2D eigenvalue weighted by Gasteiger charge is 2.18. The molecule has 0 saturated heterocycles. The lowest BCUT2D eigenvalue weighted by Gasteiger charge is -2.13. The van der Waals surface area contributed by atoms with Crippen molar-refractivity contribution in [3.05, 3.63) is 29.6 Å². The van der Waals surface area contributed by atoms with Crippen LogP contribution in [0.1, 0.15) is 11.7 Å². The number of hydrogen-bond donors (Lipinski definition) is 1. The molecular formula is C10H13FO4S. The molecule has 6 heteroatoms. The Morgan fingerprint density at radius 1 is 1.50 bits per heavy atom. The maximum atomic E-state index is 12.9. The van der Waals surface area contributed by atoms with Crippen molar-refractivity contribution in [3.63, 3.8) is 0 Å². The van der Waals surface area contributed by atoms with Crippen LogP contribution in [0.2, 0.25) is 0 Å². The molecule has 0 aromatic heterocycles. The van der Waals surface area contributed by atoms with Crippen LogP contribution in [0.5, 0.6) is 5.75 Å². The Bertz CT molecular complexity index is 470. The molecule has 16 heavy (non-hydrogen) atoms. The number of benzene rings is 1. The highest BCUT2D eigenvalue weighted by Crippen LogP contribution is 2.26. The Hall–Kier alpha value is -1.14. The minimum Gasteiger partial charge on any atom is -0.496 e. The third kappa shape index (κ3) is 3.46.